The molecule has 2 heterocycles. The topological polar surface area (TPSA) is 68.8 Å². The van der Waals surface area contributed by atoms with E-state index in [1.165, 1.54) is 5.56 Å². The first-order valence-electron chi connectivity index (χ1n) is 6.47. The number of imidazole rings is 1. The predicted molar refractivity (Wildman–Crippen MR) is 75.3 cm³/mol. The summed E-state index contributed by atoms with van der Waals surface area (Å²) in [5.41, 5.74) is 6.11. The minimum absolute atomic E-state index is 0.122. The lowest BCUT2D eigenvalue weighted by Crippen LogP contribution is -2.28. The lowest BCUT2D eigenvalue weighted by molar-refractivity contribution is 0.505. The summed E-state index contributed by atoms with van der Waals surface area (Å²) in [7, 11) is 2.01. The Morgan fingerprint density at radius 3 is 2.53 bits per heavy atom. The zero-order valence-corrected chi connectivity index (χ0v) is 11.7. The van der Waals surface area contributed by atoms with E-state index in [2.05, 4.69) is 27.5 Å². The van der Waals surface area contributed by atoms with Crippen molar-refractivity contribution >= 4 is 0 Å². The number of nitrogens with zero attached hydrogens (tertiary/aromatic N) is 3. The summed E-state index contributed by atoms with van der Waals surface area (Å²) < 4.78 is 2.04. The number of pyridine rings is 1. The third-order valence-electron chi connectivity index (χ3n) is 3.28. The molecule has 0 saturated carbocycles. The molecule has 0 fully saturated rings. The highest BCUT2D eigenvalue weighted by molar-refractivity contribution is 5.23. The van der Waals surface area contributed by atoms with E-state index in [1.807, 2.05) is 37.9 Å². The molecule has 0 bridgehead atoms. The molecule has 5 heteroatoms. The second-order valence-electron chi connectivity index (χ2n) is 4.90. The second-order valence-corrected chi connectivity index (χ2v) is 4.90. The van der Waals surface area contributed by atoms with Crippen molar-refractivity contribution in [3.63, 3.8) is 0 Å². The standard InChI is InChI=1S/C14H21N5/c1-10-8-12(9-11(2)17-10)13(18-15)4-5-14-16-6-7-19(14)3/h6-9,13,18H,4-5,15H2,1-3H3. The number of hydrogen-bond donors (Lipinski definition) is 2. The third kappa shape index (κ3) is 3.39. The van der Waals surface area contributed by atoms with Crippen molar-refractivity contribution < 1.29 is 0 Å². The molecular weight excluding hydrogens is 238 g/mol. The molecule has 0 spiro atoms. The van der Waals surface area contributed by atoms with Crippen molar-refractivity contribution in [3.8, 4) is 0 Å². The summed E-state index contributed by atoms with van der Waals surface area (Å²) in [5, 5.41) is 0. The minimum atomic E-state index is 0.122. The fourth-order valence-corrected chi connectivity index (χ4v) is 2.33. The lowest BCUT2D eigenvalue weighted by Gasteiger charge is -2.17. The van der Waals surface area contributed by atoms with Crippen LogP contribution in [0.5, 0.6) is 0 Å². The van der Waals surface area contributed by atoms with Gasteiger partial charge in [0.1, 0.15) is 5.82 Å². The van der Waals surface area contributed by atoms with E-state index in [-0.39, 0.29) is 6.04 Å². The number of nitrogens with one attached hydrogen (secondary N) is 1. The van der Waals surface area contributed by atoms with Crippen molar-refractivity contribution in [2.75, 3.05) is 0 Å². The molecule has 0 saturated heterocycles. The van der Waals surface area contributed by atoms with Crippen molar-refractivity contribution in [1.29, 1.82) is 0 Å². The Bertz CT molecular complexity index is 526. The number of aryl methyl sites for hydroxylation is 4. The number of aromatic nitrogens is 3. The lowest BCUT2D eigenvalue weighted by atomic mass is 10.0. The average molecular weight is 259 g/mol. The molecule has 5 nitrogen and oxygen atoms in total. The van der Waals surface area contributed by atoms with Gasteiger partial charge in [-0.25, -0.2) is 4.98 Å². The summed E-state index contributed by atoms with van der Waals surface area (Å²) in [4.78, 5) is 8.72. The molecule has 0 aromatic carbocycles. The second kappa shape index (κ2) is 5.95. The molecule has 0 aliphatic rings. The first kappa shape index (κ1) is 13.7. The molecule has 0 amide bonds. The van der Waals surface area contributed by atoms with E-state index >= 15 is 0 Å². The molecule has 3 N–H and O–H groups in total. The average Bonchev–Trinajstić information content (AvgIpc) is 2.75. The molecule has 0 aliphatic carbocycles. The van der Waals surface area contributed by atoms with E-state index < -0.39 is 0 Å². The van der Waals surface area contributed by atoms with Crippen LogP contribution in [0.1, 0.15) is 35.2 Å². The normalized spacial score (nSPS) is 12.6. The maximum absolute atomic E-state index is 5.68. The van der Waals surface area contributed by atoms with E-state index in [0.29, 0.717) is 0 Å². The maximum atomic E-state index is 5.68. The number of rotatable bonds is 5. The van der Waals surface area contributed by atoms with Gasteiger partial charge in [0.25, 0.3) is 0 Å². The van der Waals surface area contributed by atoms with Crippen LogP contribution < -0.4 is 11.3 Å². The van der Waals surface area contributed by atoms with Crippen molar-refractivity contribution in [1.82, 2.24) is 20.0 Å². The van der Waals surface area contributed by atoms with Crippen LogP contribution in [0.2, 0.25) is 0 Å². The SMILES string of the molecule is Cc1cc(C(CCc2nccn2C)NN)cc(C)n1. The zero-order valence-electron chi connectivity index (χ0n) is 11.7. The number of hydrazine groups is 1. The first-order valence-corrected chi connectivity index (χ1v) is 6.47. The van der Waals surface area contributed by atoms with Gasteiger partial charge in [0.2, 0.25) is 0 Å². The van der Waals surface area contributed by atoms with Crippen LogP contribution in [0.15, 0.2) is 24.5 Å². The Hall–Kier alpha value is -1.72. The quantitative estimate of drug-likeness (QED) is 0.631. The van der Waals surface area contributed by atoms with Gasteiger partial charge < -0.3 is 4.57 Å². The Morgan fingerprint density at radius 2 is 2.00 bits per heavy atom. The Morgan fingerprint density at radius 1 is 1.32 bits per heavy atom. The van der Waals surface area contributed by atoms with Crippen molar-refractivity contribution in [2.24, 2.45) is 12.9 Å². The van der Waals surface area contributed by atoms with E-state index in [4.69, 9.17) is 5.84 Å². The van der Waals surface area contributed by atoms with Crippen LogP contribution in [-0.2, 0) is 13.5 Å². The van der Waals surface area contributed by atoms with Crippen molar-refractivity contribution in [3.05, 3.63) is 47.3 Å². The maximum Gasteiger partial charge on any atom is 0.108 e. The highest BCUT2D eigenvalue weighted by Crippen LogP contribution is 2.19. The molecule has 2 aromatic heterocycles. The van der Waals surface area contributed by atoms with Gasteiger partial charge in [-0.05, 0) is 38.0 Å². The molecule has 19 heavy (non-hydrogen) atoms. The first-order chi connectivity index (χ1) is 9.10. The molecule has 1 atom stereocenters. The van der Waals surface area contributed by atoms with Gasteiger partial charge in [-0.15, -0.1) is 0 Å². The van der Waals surface area contributed by atoms with Gasteiger partial charge in [-0.2, -0.15) is 0 Å². The minimum Gasteiger partial charge on any atom is -0.338 e. The van der Waals surface area contributed by atoms with Gasteiger partial charge in [-0.3, -0.25) is 16.3 Å². The van der Waals surface area contributed by atoms with E-state index in [1.54, 1.807) is 0 Å². The molecule has 1 unspecified atom stereocenters. The van der Waals surface area contributed by atoms with Gasteiger partial charge in [0.15, 0.2) is 0 Å². The summed E-state index contributed by atoms with van der Waals surface area (Å²) in [5.74, 6) is 6.76. The van der Waals surface area contributed by atoms with Crippen LogP contribution in [0.3, 0.4) is 0 Å². The largest absolute Gasteiger partial charge is 0.338 e. The summed E-state index contributed by atoms with van der Waals surface area (Å²) in [6.45, 7) is 4.01. The number of nitrogens with two attached hydrogens (primary N) is 1. The highest BCUT2D eigenvalue weighted by atomic mass is 15.2. The van der Waals surface area contributed by atoms with Gasteiger partial charge in [-0.1, -0.05) is 0 Å². The zero-order chi connectivity index (χ0) is 13.8. The van der Waals surface area contributed by atoms with E-state index in [9.17, 15) is 0 Å². The predicted octanol–water partition coefficient (Wildman–Crippen LogP) is 1.57. The fourth-order valence-electron chi connectivity index (χ4n) is 2.33. The third-order valence-corrected chi connectivity index (χ3v) is 3.28. The summed E-state index contributed by atoms with van der Waals surface area (Å²) >= 11 is 0. The van der Waals surface area contributed by atoms with Gasteiger partial charge >= 0.3 is 0 Å². The van der Waals surface area contributed by atoms with Crippen LogP contribution >= 0.6 is 0 Å². The molecular formula is C14H21N5. The Kier molecular flexibility index (Phi) is 4.29. The van der Waals surface area contributed by atoms with Crippen LogP contribution in [0.25, 0.3) is 0 Å². The van der Waals surface area contributed by atoms with E-state index in [0.717, 1.165) is 30.1 Å². The molecule has 0 radical (unpaired) electrons. The van der Waals surface area contributed by atoms with Crippen LogP contribution in [-0.4, -0.2) is 14.5 Å². The molecule has 2 aromatic rings. The molecule has 102 valence electrons. The highest BCUT2D eigenvalue weighted by Gasteiger charge is 2.12. The Labute approximate surface area is 113 Å². The number of hydrogen-bond acceptors (Lipinski definition) is 4. The van der Waals surface area contributed by atoms with Crippen molar-refractivity contribution in [2.45, 2.75) is 32.7 Å². The summed E-state index contributed by atoms with van der Waals surface area (Å²) in [6, 6.07) is 4.28. The van der Waals surface area contributed by atoms with Gasteiger partial charge in [0, 0.05) is 43.3 Å². The molecule has 0 aliphatic heterocycles. The fraction of sp³-hybridized carbons (Fsp3) is 0.429. The Balaban J connectivity index is 2.09. The smallest absolute Gasteiger partial charge is 0.108 e. The van der Waals surface area contributed by atoms with Crippen LogP contribution in [0.4, 0.5) is 0 Å². The molecule has 2 rings (SSSR count). The van der Waals surface area contributed by atoms with Crippen LogP contribution in [0, 0.1) is 13.8 Å². The summed E-state index contributed by atoms with van der Waals surface area (Å²) in [6.07, 6.45) is 5.57. The monoisotopic (exact) mass is 259 g/mol. The van der Waals surface area contributed by atoms with Gasteiger partial charge in [0.05, 0.1) is 0 Å².